The minimum absolute atomic E-state index is 0. The van der Waals surface area contributed by atoms with E-state index in [4.69, 9.17) is 0 Å². The number of nitrogens with one attached hydrogen (secondary N) is 1. The summed E-state index contributed by atoms with van der Waals surface area (Å²) in [4.78, 5) is 27.7. The molecular weight excluding hydrogens is 254 g/mol. The van der Waals surface area contributed by atoms with Crippen LogP contribution < -0.4 is 5.32 Å². The third-order valence-electron chi connectivity index (χ3n) is 3.60. The van der Waals surface area contributed by atoms with Gasteiger partial charge in [0.2, 0.25) is 11.8 Å². The van der Waals surface area contributed by atoms with Gasteiger partial charge in [-0.2, -0.15) is 0 Å². The summed E-state index contributed by atoms with van der Waals surface area (Å²) in [7, 11) is 0. The Balaban J connectivity index is 0.00000162. The number of likely N-dealkylation sites (N-methyl/N-ethyl adjacent to an activating group) is 1. The van der Waals surface area contributed by atoms with Crippen molar-refractivity contribution in [2.45, 2.75) is 32.2 Å². The van der Waals surface area contributed by atoms with Crippen molar-refractivity contribution in [1.82, 2.24) is 15.1 Å². The van der Waals surface area contributed by atoms with Crippen LogP contribution in [0.1, 0.15) is 26.2 Å². The van der Waals surface area contributed by atoms with E-state index in [9.17, 15) is 9.59 Å². The Morgan fingerprint density at radius 3 is 2.61 bits per heavy atom. The van der Waals surface area contributed by atoms with Gasteiger partial charge in [-0.3, -0.25) is 9.59 Å². The van der Waals surface area contributed by atoms with Crippen LogP contribution in [0.5, 0.6) is 0 Å². The van der Waals surface area contributed by atoms with Crippen molar-refractivity contribution in [3.63, 3.8) is 0 Å². The quantitative estimate of drug-likeness (QED) is 0.803. The van der Waals surface area contributed by atoms with Gasteiger partial charge < -0.3 is 15.1 Å². The van der Waals surface area contributed by atoms with Crippen LogP contribution >= 0.6 is 12.4 Å². The van der Waals surface area contributed by atoms with E-state index in [1.807, 2.05) is 16.7 Å². The van der Waals surface area contributed by atoms with Crippen molar-refractivity contribution in [3.05, 3.63) is 0 Å². The van der Waals surface area contributed by atoms with E-state index in [1.165, 1.54) is 0 Å². The van der Waals surface area contributed by atoms with Gasteiger partial charge in [0.05, 0.1) is 12.5 Å². The Morgan fingerprint density at radius 2 is 2.00 bits per heavy atom. The first kappa shape index (κ1) is 15.2. The average Bonchev–Trinajstić information content (AvgIpc) is 2.85. The molecule has 104 valence electrons. The van der Waals surface area contributed by atoms with Crippen molar-refractivity contribution in [1.29, 1.82) is 0 Å². The van der Waals surface area contributed by atoms with Crippen LogP contribution in [0, 0.1) is 0 Å². The number of carbonyl (C=O) groups is 2. The van der Waals surface area contributed by atoms with Gasteiger partial charge in [0.25, 0.3) is 0 Å². The first-order valence-electron chi connectivity index (χ1n) is 6.52. The zero-order valence-electron chi connectivity index (χ0n) is 10.9. The molecule has 2 aliphatic heterocycles. The zero-order chi connectivity index (χ0) is 12.3. The van der Waals surface area contributed by atoms with E-state index in [0.29, 0.717) is 6.42 Å². The van der Waals surface area contributed by atoms with Gasteiger partial charge >= 0.3 is 0 Å². The lowest BCUT2D eigenvalue weighted by Gasteiger charge is -2.32. The Kier molecular flexibility index (Phi) is 5.88. The fraction of sp³-hybridized carbons (Fsp3) is 0.833. The fourth-order valence-corrected chi connectivity index (χ4v) is 2.54. The predicted octanol–water partition coefficient (Wildman–Crippen LogP) is 0.241. The number of halogens is 1. The average molecular weight is 276 g/mol. The maximum atomic E-state index is 12.0. The summed E-state index contributed by atoms with van der Waals surface area (Å²) in [5.41, 5.74) is 0. The number of rotatable bonds is 3. The van der Waals surface area contributed by atoms with Gasteiger partial charge in [-0.1, -0.05) is 0 Å². The van der Waals surface area contributed by atoms with E-state index in [-0.39, 0.29) is 30.3 Å². The number of hydrogen-bond acceptors (Lipinski definition) is 3. The second kappa shape index (κ2) is 6.95. The topological polar surface area (TPSA) is 52.7 Å². The molecule has 0 radical (unpaired) electrons. The number of likely N-dealkylation sites (tertiary alicyclic amines) is 1. The normalized spacial score (nSPS) is 24.1. The third kappa shape index (κ3) is 3.36. The van der Waals surface area contributed by atoms with Crippen LogP contribution in [0.25, 0.3) is 0 Å². The molecule has 0 spiro atoms. The molecule has 2 aliphatic rings. The van der Waals surface area contributed by atoms with Crippen LogP contribution in [0.15, 0.2) is 0 Å². The lowest BCUT2D eigenvalue weighted by molar-refractivity contribution is -0.140. The minimum atomic E-state index is -0.309. The van der Waals surface area contributed by atoms with E-state index in [2.05, 4.69) is 5.32 Å². The molecule has 0 aromatic rings. The lowest BCUT2D eigenvalue weighted by atomic mass is 10.1. The van der Waals surface area contributed by atoms with Crippen molar-refractivity contribution >= 4 is 24.2 Å². The van der Waals surface area contributed by atoms with E-state index < -0.39 is 0 Å². The second-order valence-corrected chi connectivity index (χ2v) is 4.72. The van der Waals surface area contributed by atoms with Crippen molar-refractivity contribution in [2.24, 2.45) is 0 Å². The van der Waals surface area contributed by atoms with Crippen LogP contribution in [0.3, 0.4) is 0 Å². The van der Waals surface area contributed by atoms with Crippen LogP contribution in [0.2, 0.25) is 0 Å². The molecule has 5 nitrogen and oxygen atoms in total. The van der Waals surface area contributed by atoms with Gasteiger partial charge in [-0.05, 0) is 19.8 Å². The minimum Gasteiger partial charge on any atom is -0.343 e. The van der Waals surface area contributed by atoms with Crippen molar-refractivity contribution in [2.75, 3.05) is 32.7 Å². The number of amides is 2. The number of hydrogen-bond donors (Lipinski definition) is 1. The molecule has 2 saturated heterocycles. The van der Waals surface area contributed by atoms with Crippen molar-refractivity contribution in [3.8, 4) is 0 Å². The Morgan fingerprint density at radius 1 is 1.33 bits per heavy atom. The van der Waals surface area contributed by atoms with Crippen LogP contribution in [0.4, 0.5) is 0 Å². The fourth-order valence-electron chi connectivity index (χ4n) is 2.54. The lowest BCUT2D eigenvalue weighted by Crippen LogP contribution is -2.56. The van der Waals surface area contributed by atoms with E-state index >= 15 is 0 Å². The number of piperazine rings is 1. The third-order valence-corrected chi connectivity index (χ3v) is 3.60. The zero-order valence-corrected chi connectivity index (χ0v) is 11.7. The molecule has 2 rings (SSSR count). The molecule has 0 saturated carbocycles. The van der Waals surface area contributed by atoms with Gasteiger partial charge in [-0.15, -0.1) is 12.4 Å². The molecule has 0 aromatic carbocycles. The molecule has 6 heteroatoms. The molecule has 2 amide bonds. The first-order chi connectivity index (χ1) is 8.22. The van der Waals surface area contributed by atoms with Crippen LogP contribution in [-0.2, 0) is 9.59 Å². The second-order valence-electron chi connectivity index (χ2n) is 4.72. The smallest absolute Gasteiger partial charge is 0.240 e. The highest BCUT2D eigenvalue weighted by Crippen LogP contribution is 2.12. The Labute approximate surface area is 114 Å². The van der Waals surface area contributed by atoms with Crippen molar-refractivity contribution < 1.29 is 9.59 Å². The molecule has 1 unspecified atom stereocenters. The van der Waals surface area contributed by atoms with E-state index in [0.717, 1.165) is 45.6 Å². The monoisotopic (exact) mass is 275 g/mol. The van der Waals surface area contributed by atoms with E-state index in [1.54, 1.807) is 0 Å². The molecule has 0 aliphatic carbocycles. The predicted molar refractivity (Wildman–Crippen MR) is 71.7 cm³/mol. The number of nitrogens with zero attached hydrogens (tertiary/aromatic N) is 2. The highest BCUT2D eigenvalue weighted by atomic mass is 35.5. The summed E-state index contributed by atoms with van der Waals surface area (Å²) in [6.45, 7) is 5.97. The molecule has 18 heavy (non-hydrogen) atoms. The molecule has 2 fully saturated rings. The highest BCUT2D eigenvalue weighted by molar-refractivity contribution is 5.89. The maximum Gasteiger partial charge on any atom is 0.240 e. The summed E-state index contributed by atoms with van der Waals surface area (Å²) < 4.78 is 0. The summed E-state index contributed by atoms with van der Waals surface area (Å²) in [6, 6.07) is -0.309. The van der Waals surface area contributed by atoms with Gasteiger partial charge in [-0.25, -0.2) is 0 Å². The summed E-state index contributed by atoms with van der Waals surface area (Å²) in [5.74, 6) is 0.192. The molecular formula is C12H22ClN3O2. The van der Waals surface area contributed by atoms with Crippen LogP contribution in [-0.4, -0.2) is 60.4 Å². The SMILES string of the molecule is CCN1CCNC(CC(=O)N2CCCC2)C1=O.Cl. The molecule has 1 atom stereocenters. The maximum absolute atomic E-state index is 12.0. The van der Waals surface area contributed by atoms with Gasteiger partial charge in [0.1, 0.15) is 0 Å². The summed E-state index contributed by atoms with van der Waals surface area (Å²) in [6.07, 6.45) is 2.51. The standard InChI is InChI=1S/C12H21N3O2.ClH/c1-2-14-8-5-13-10(12(14)17)9-11(16)15-6-3-4-7-15;/h10,13H,2-9H2,1H3;1H. The first-order valence-corrected chi connectivity index (χ1v) is 6.52. The summed E-state index contributed by atoms with van der Waals surface area (Å²) in [5, 5.41) is 3.15. The molecule has 1 N–H and O–H groups in total. The largest absolute Gasteiger partial charge is 0.343 e. The molecule has 2 heterocycles. The summed E-state index contributed by atoms with van der Waals surface area (Å²) >= 11 is 0. The molecule has 0 aromatic heterocycles. The Hall–Kier alpha value is -0.810. The van der Waals surface area contributed by atoms with Gasteiger partial charge in [0, 0.05) is 32.7 Å². The highest BCUT2D eigenvalue weighted by Gasteiger charge is 2.31. The Bertz CT molecular complexity index is 306. The van der Waals surface area contributed by atoms with Gasteiger partial charge in [0.15, 0.2) is 0 Å². The molecule has 0 bridgehead atoms. The number of carbonyl (C=O) groups excluding carboxylic acids is 2.